The highest BCUT2D eigenvalue weighted by Crippen LogP contribution is 2.37. The Balaban J connectivity index is 2.40. The number of methoxy groups -OCH3 is 1. The molecule has 1 aromatic carbocycles. The van der Waals surface area contributed by atoms with Gasteiger partial charge in [-0.1, -0.05) is 0 Å². The van der Waals surface area contributed by atoms with Gasteiger partial charge in [0.1, 0.15) is 11.3 Å². The van der Waals surface area contributed by atoms with Crippen LogP contribution in [0.15, 0.2) is 12.1 Å². The molecule has 0 spiro atoms. The van der Waals surface area contributed by atoms with Crippen LogP contribution < -0.4 is 4.74 Å². The number of carbonyl (C=O) groups is 2. The predicted octanol–water partition coefficient (Wildman–Crippen LogP) is 1.23. The molecular formula is C11H5N3O5S. The monoisotopic (exact) mass is 291 g/mol. The number of nitro benzene ring substituents is 1. The third kappa shape index (κ3) is 1.46. The summed E-state index contributed by atoms with van der Waals surface area (Å²) in [6.07, 6.45) is 0. The number of aromatic nitrogens is 2. The zero-order valence-corrected chi connectivity index (χ0v) is 10.8. The van der Waals surface area contributed by atoms with E-state index in [9.17, 15) is 19.7 Å². The standard InChI is InChI=1S/C11H5N3O5S/c1-19-5-3-2-4(14(17)18)6-7(5)11(16)9-8(10(6)15)12-20-13-9/h2-3H,1H3. The van der Waals surface area contributed by atoms with Gasteiger partial charge in [-0.3, -0.25) is 19.7 Å². The first-order chi connectivity index (χ1) is 9.56. The van der Waals surface area contributed by atoms with Gasteiger partial charge in [0.25, 0.3) is 5.69 Å². The minimum absolute atomic E-state index is 0.0914. The molecule has 1 heterocycles. The van der Waals surface area contributed by atoms with Gasteiger partial charge in [0, 0.05) is 6.07 Å². The van der Waals surface area contributed by atoms with Crippen molar-refractivity contribution in [2.45, 2.75) is 0 Å². The van der Waals surface area contributed by atoms with E-state index in [4.69, 9.17) is 4.74 Å². The lowest BCUT2D eigenvalue weighted by molar-refractivity contribution is -0.385. The number of ether oxygens (including phenoxy) is 1. The molecule has 100 valence electrons. The Morgan fingerprint density at radius 3 is 2.30 bits per heavy atom. The van der Waals surface area contributed by atoms with Crippen LogP contribution in [0.4, 0.5) is 5.69 Å². The number of hydrogen-bond donors (Lipinski definition) is 0. The van der Waals surface area contributed by atoms with E-state index in [0.717, 1.165) is 6.07 Å². The number of carbonyl (C=O) groups excluding carboxylic acids is 2. The molecule has 0 N–H and O–H groups in total. The van der Waals surface area contributed by atoms with Crippen LogP contribution in [0.1, 0.15) is 32.1 Å². The van der Waals surface area contributed by atoms with E-state index in [2.05, 4.69) is 8.75 Å². The predicted molar refractivity (Wildman–Crippen MR) is 66.4 cm³/mol. The maximum absolute atomic E-state index is 12.3. The van der Waals surface area contributed by atoms with Crippen molar-refractivity contribution in [1.29, 1.82) is 0 Å². The van der Waals surface area contributed by atoms with E-state index in [1.807, 2.05) is 0 Å². The van der Waals surface area contributed by atoms with Crippen LogP contribution in [-0.4, -0.2) is 32.3 Å². The molecule has 9 heteroatoms. The van der Waals surface area contributed by atoms with Crippen molar-refractivity contribution in [2.75, 3.05) is 7.11 Å². The second-order valence-electron chi connectivity index (χ2n) is 3.91. The topological polar surface area (TPSA) is 112 Å². The Morgan fingerprint density at radius 2 is 1.75 bits per heavy atom. The van der Waals surface area contributed by atoms with E-state index < -0.39 is 22.2 Å². The number of nitro groups is 1. The van der Waals surface area contributed by atoms with Crippen LogP contribution in [-0.2, 0) is 0 Å². The quantitative estimate of drug-likeness (QED) is 0.515. The lowest BCUT2D eigenvalue weighted by atomic mass is 9.88. The minimum Gasteiger partial charge on any atom is -0.496 e. The van der Waals surface area contributed by atoms with Gasteiger partial charge in [0.05, 0.1) is 29.3 Å². The molecular weight excluding hydrogens is 286 g/mol. The van der Waals surface area contributed by atoms with Crippen LogP contribution in [0, 0.1) is 10.1 Å². The van der Waals surface area contributed by atoms with Gasteiger partial charge in [-0.05, 0) is 6.07 Å². The summed E-state index contributed by atoms with van der Waals surface area (Å²) < 4.78 is 12.5. The maximum atomic E-state index is 12.3. The minimum atomic E-state index is -0.714. The highest BCUT2D eigenvalue weighted by Gasteiger charge is 2.40. The number of ketones is 2. The summed E-state index contributed by atoms with van der Waals surface area (Å²) in [4.78, 5) is 34.9. The fourth-order valence-corrected chi connectivity index (χ4v) is 2.62. The molecule has 8 nitrogen and oxygen atoms in total. The summed E-state index contributed by atoms with van der Waals surface area (Å²) in [5.41, 5.74) is -1.11. The van der Waals surface area contributed by atoms with Crippen LogP contribution in [0.2, 0.25) is 0 Å². The first kappa shape index (κ1) is 12.4. The van der Waals surface area contributed by atoms with E-state index in [1.54, 1.807) is 0 Å². The van der Waals surface area contributed by atoms with E-state index in [1.165, 1.54) is 13.2 Å². The van der Waals surface area contributed by atoms with Gasteiger partial charge in [-0.15, -0.1) is 0 Å². The molecule has 20 heavy (non-hydrogen) atoms. The number of fused-ring (bicyclic) bond motifs is 2. The molecule has 1 aromatic heterocycles. The number of benzene rings is 1. The van der Waals surface area contributed by atoms with E-state index in [0.29, 0.717) is 11.7 Å². The molecule has 0 aliphatic heterocycles. The molecule has 3 rings (SSSR count). The highest BCUT2D eigenvalue weighted by molar-refractivity contribution is 6.99. The Kier molecular flexibility index (Phi) is 2.57. The average Bonchev–Trinajstić information content (AvgIpc) is 2.92. The lowest BCUT2D eigenvalue weighted by Crippen LogP contribution is -2.23. The van der Waals surface area contributed by atoms with Crippen molar-refractivity contribution in [3.63, 3.8) is 0 Å². The third-order valence-corrected chi connectivity index (χ3v) is 3.46. The smallest absolute Gasteiger partial charge is 0.281 e. The van der Waals surface area contributed by atoms with E-state index in [-0.39, 0.29) is 28.3 Å². The molecule has 0 saturated heterocycles. The summed E-state index contributed by atoms with van der Waals surface area (Å²) in [5.74, 6) is -1.18. The SMILES string of the molecule is COc1ccc([N+](=O)[O-])c2c1C(=O)c1nsnc1C2=O. The van der Waals surface area contributed by atoms with Crippen LogP contribution in [0.5, 0.6) is 5.75 Å². The molecule has 0 amide bonds. The normalized spacial score (nSPS) is 12.8. The van der Waals surface area contributed by atoms with Gasteiger partial charge in [0.15, 0.2) is 11.4 Å². The molecule has 0 saturated carbocycles. The van der Waals surface area contributed by atoms with Crippen molar-refractivity contribution in [2.24, 2.45) is 0 Å². The largest absolute Gasteiger partial charge is 0.496 e. The number of nitrogens with zero attached hydrogens (tertiary/aromatic N) is 3. The van der Waals surface area contributed by atoms with Gasteiger partial charge < -0.3 is 4.74 Å². The molecule has 0 fully saturated rings. The molecule has 2 aromatic rings. The molecule has 0 radical (unpaired) electrons. The Bertz CT molecular complexity index is 782. The Hall–Kier alpha value is -2.68. The number of rotatable bonds is 2. The molecule has 1 aliphatic rings. The first-order valence-electron chi connectivity index (χ1n) is 5.33. The van der Waals surface area contributed by atoms with Gasteiger partial charge in [0.2, 0.25) is 11.6 Å². The Labute approximate surface area is 115 Å². The summed E-state index contributed by atoms with van der Waals surface area (Å²) in [6.45, 7) is 0. The van der Waals surface area contributed by atoms with Gasteiger partial charge >= 0.3 is 0 Å². The van der Waals surface area contributed by atoms with Gasteiger partial charge in [-0.2, -0.15) is 8.75 Å². The zero-order valence-electron chi connectivity index (χ0n) is 9.95. The maximum Gasteiger partial charge on any atom is 0.281 e. The summed E-state index contributed by atoms with van der Waals surface area (Å²) >= 11 is 0.709. The molecule has 0 bridgehead atoms. The molecule has 1 aliphatic carbocycles. The van der Waals surface area contributed by atoms with Crippen LogP contribution >= 0.6 is 11.7 Å². The Morgan fingerprint density at radius 1 is 1.15 bits per heavy atom. The van der Waals surface area contributed by atoms with Crippen molar-refractivity contribution >= 4 is 29.0 Å². The van der Waals surface area contributed by atoms with Crippen LogP contribution in [0.3, 0.4) is 0 Å². The average molecular weight is 291 g/mol. The first-order valence-corrected chi connectivity index (χ1v) is 6.06. The second kappa shape index (κ2) is 4.17. The second-order valence-corrected chi connectivity index (χ2v) is 4.44. The summed E-state index contributed by atoms with van der Waals surface area (Å²) in [6, 6.07) is 2.42. The summed E-state index contributed by atoms with van der Waals surface area (Å²) in [7, 11) is 1.31. The molecule has 0 unspecified atom stereocenters. The van der Waals surface area contributed by atoms with Crippen molar-refractivity contribution < 1.29 is 19.2 Å². The van der Waals surface area contributed by atoms with Gasteiger partial charge in [-0.25, -0.2) is 0 Å². The van der Waals surface area contributed by atoms with Crippen molar-refractivity contribution in [1.82, 2.24) is 8.75 Å². The summed E-state index contributed by atoms with van der Waals surface area (Å²) in [5, 5.41) is 11.0. The number of hydrogen-bond acceptors (Lipinski definition) is 8. The van der Waals surface area contributed by atoms with E-state index >= 15 is 0 Å². The lowest BCUT2D eigenvalue weighted by Gasteiger charge is -2.15. The fourth-order valence-electron chi connectivity index (χ4n) is 2.07. The van der Waals surface area contributed by atoms with Crippen molar-refractivity contribution in [3.8, 4) is 5.75 Å². The molecule has 0 atom stereocenters. The van der Waals surface area contributed by atoms with Crippen LogP contribution in [0.25, 0.3) is 0 Å². The zero-order chi connectivity index (χ0) is 14.4. The highest BCUT2D eigenvalue weighted by atomic mass is 32.1. The van der Waals surface area contributed by atoms with Crippen molar-refractivity contribution in [3.05, 3.63) is 44.8 Å². The third-order valence-electron chi connectivity index (χ3n) is 2.93. The fraction of sp³-hybridized carbons (Fsp3) is 0.0909.